The number of aryl methyl sites for hydroxylation is 1. The van der Waals surface area contributed by atoms with Gasteiger partial charge in [0.25, 0.3) is 0 Å². The lowest BCUT2D eigenvalue weighted by atomic mass is 10.1. The number of esters is 1. The first-order valence-corrected chi connectivity index (χ1v) is 6.02. The van der Waals surface area contributed by atoms with E-state index in [4.69, 9.17) is 11.6 Å². The molecule has 0 aliphatic heterocycles. The van der Waals surface area contributed by atoms with Crippen molar-refractivity contribution in [1.82, 2.24) is 0 Å². The van der Waals surface area contributed by atoms with Crippen LogP contribution in [0.4, 0.5) is 5.69 Å². The van der Waals surface area contributed by atoms with Crippen LogP contribution in [0.1, 0.15) is 18.9 Å². The van der Waals surface area contributed by atoms with Crippen molar-refractivity contribution in [2.75, 3.05) is 12.4 Å². The minimum absolute atomic E-state index is 0.366. The third-order valence-electron chi connectivity index (χ3n) is 2.66. The Morgan fingerprint density at radius 3 is 2.61 bits per heavy atom. The number of hydrogen-bond donors (Lipinski definition) is 1. The number of ether oxygens (including phenoxy) is 1. The highest BCUT2D eigenvalue weighted by atomic mass is 35.5. The number of amides is 1. The van der Waals surface area contributed by atoms with Crippen LogP contribution in [0, 0.1) is 12.8 Å². The van der Waals surface area contributed by atoms with E-state index >= 15 is 0 Å². The molecule has 0 bridgehead atoms. The van der Waals surface area contributed by atoms with Crippen LogP contribution in [0.3, 0.4) is 0 Å². The Morgan fingerprint density at radius 2 is 2.11 bits per heavy atom. The first kappa shape index (κ1) is 14.5. The zero-order chi connectivity index (χ0) is 13.7. The third kappa shape index (κ3) is 3.47. The van der Waals surface area contributed by atoms with Crippen LogP contribution in [-0.2, 0) is 14.3 Å². The molecule has 1 aromatic rings. The van der Waals surface area contributed by atoms with Gasteiger partial charge in [0, 0.05) is 10.7 Å². The number of anilines is 1. The number of carbonyl (C=O) groups excluding carboxylic acids is 2. The molecule has 1 N–H and O–H groups in total. The zero-order valence-electron chi connectivity index (χ0n) is 10.6. The van der Waals surface area contributed by atoms with Crippen LogP contribution in [-0.4, -0.2) is 19.0 Å². The molecule has 0 saturated carbocycles. The molecule has 0 spiro atoms. The fourth-order valence-electron chi connectivity index (χ4n) is 1.59. The van der Waals surface area contributed by atoms with Crippen LogP contribution in [0.2, 0.25) is 5.02 Å². The quantitative estimate of drug-likeness (QED) is 0.675. The van der Waals surface area contributed by atoms with Gasteiger partial charge in [-0.2, -0.15) is 0 Å². The summed E-state index contributed by atoms with van der Waals surface area (Å²) < 4.78 is 4.59. The van der Waals surface area contributed by atoms with E-state index in [-0.39, 0.29) is 5.91 Å². The Morgan fingerprint density at radius 1 is 1.44 bits per heavy atom. The van der Waals surface area contributed by atoms with E-state index in [1.165, 1.54) is 7.11 Å². The molecule has 1 amide bonds. The van der Waals surface area contributed by atoms with Crippen LogP contribution >= 0.6 is 11.6 Å². The highest BCUT2D eigenvalue weighted by Crippen LogP contribution is 2.20. The second-order valence-corrected chi connectivity index (χ2v) is 4.37. The summed E-state index contributed by atoms with van der Waals surface area (Å²) in [6.07, 6.45) is 0.394. The highest BCUT2D eigenvalue weighted by Gasteiger charge is 2.25. The number of nitrogens with one attached hydrogen (secondary N) is 1. The molecule has 1 rings (SSSR count). The molecule has 0 aromatic heterocycles. The fourth-order valence-corrected chi connectivity index (χ4v) is 1.82. The molecule has 0 aliphatic carbocycles. The summed E-state index contributed by atoms with van der Waals surface area (Å²) in [7, 11) is 1.27. The van der Waals surface area contributed by atoms with E-state index in [1.807, 2.05) is 6.92 Å². The molecule has 0 fully saturated rings. The van der Waals surface area contributed by atoms with E-state index in [1.54, 1.807) is 25.1 Å². The minimum atomic E-state index is -0.787. The summed E-state index contributed by atoms with van der Waals surface area (Å²) in [5.41, 5.74) is 1.49. The van der Waals surface area contributed by atoms with Crippen molar-refractivity contribution in [2.45, 2.75) is 20.3 Å². The Labute approximate surface area is 111 Å². The predicted octanol–water partition coefficient (Wildman–Crippen LogP) is 2.79. The van der Waals surface area contributed by atoms with Gasteiger partial charge in [0.05, 0.1) is 7.11 Å². The molecule has 1 unspecified atom stereocenters. The number of halogens is 1. The Bertz CT molecular complexity index is 460. The lowest BCUT2D eigenvalue weighted by Gasteiger charge is -2.14. The summed E-state index contributed by atoms with van der Waals surface area (Å²) in [6.45, 7) is 3.59. The van der Waals surface area contributed by atoms with Gasteiger partial charge in [-0.15, -0.1) is 0 Å². The van der Waals surface area contributed by atoms with Gasteiger partial charge in [0.1, 0.15) is 5.92 Å². The van der Waals surface area contributed by atoms with E-state index in [0.717, 1.165) is 5.56 Å². The molecule has 0 radical (unpaired) electrons. The van der Waals surface area contributed by atoms with Crippen LogP contribution in [0.5, 0.6) is 0 Å². The van der Waals surface area contributed by atoms with Crippen molar-refractivity contribution in [3.05, 3.63) is 28.8 Å². The van der Waals surface area contributed by atoms with Crippen molar-refractivity contribution in [1.29, 1.82) is 0 Å². The molecule has 5 heteroatoms. The Kier molecular flexibility index (Phi) is 5.16. The fraction of sp³-hybridized carbons (Fsp3) is 0.385. The van der Waals surface area contributed by atoms with Crippen molar-refractivity contribution in [2.24, 2.45) is 5.92 Å². The molecule has 1 aromatic carbocycles. The monoisotopic (exact) mass is 269 g/mol. The summed E-state index contributed by atoms with van der Waals surface area (Å²) in [5.74, 6) is -1.68. The van der Waals surface area contributed by atoms with Crippen molar-refractivity contribution in [3.8, 4) is 0 Å². The smallest absolute Gasteiger partial charge is 0.318 e. The van der Waals surface area contributed by atoms with Gasteiger partial charge < -0.3 is 10.1 Å². The van der Waals surface area contributed by atoms with E-state index in [9.17, 15) is 9.59 Å². The first-order chi connectivity index (χ1) is 8.49. The average Bonchev–Trinajstić information content (AvgIpc) is 2.33. The second kappa shape index (κ2) is 6.40. The van der Waals surface area contributed by atoms with Crippen LogP contribution < -0.4 is 5.32 Å². The van der Waals surface area contributed by atoms with Gasteiger partial charge in [0.15, 0.2) is 0 Å². The number of carbonyl (C=O) groups is 2. The first-order valence-electron chi connectivity index (χ1n) is 5.64. The molecule has 0 aliphatic rings. The van der Waals surface area contributed by atoms with Gasteiger partial charge in [-0.3, -0.25) is 9.59 Å². The highest BCUT2D eigenvalue weighted by molar-refractivity contribution is 6.30. The maximum absolute atomic E-state index is 11.9. The van der Waals surface area contributed by atoms with E-state index < -0.39 is 11.9 Å². The van der Waals surface area contributed by atoms with E-state index in [0.29, 0.717) is 17.1 Å². The molecule has 98 valence electrons. The molecular formula is C13H16ClNO3. The number of benzene rings is 1. The summed E-state index contributed by atoms with van der Waals surface area (Å²) >= 11 is 5.83. The summed E-state index contributed by atoms with van der Waals surface area (Å²) in [5, 5.41) is 3.31. The van der Waals surface area contributed by atoms with Crippen molar-refractivity contribution < 1.29 is 14.3 Å². The van der Waals surface area contributed by atoms with E-state index in [2.05, 4.69) is 10.1 Å². The average molecular weight is 270 g/mol. The minimum Gasteiger partial charge on any atom is -0.468 e. The Hall–Kier alpha value is -1.55. The number of rotatable bonds is 4. The van der Waals surface area contributed by atoms with Crippen molar-refractivity contribution >= 4 is 29.2 Å². The summed E-state index contributed by atoms with van der Waals surface area (Å²) in [4.78, 5) is 23.3. The molecule has 0 saturated heterocycles. The molecule has 4 nitrogen and oxygen atoms in total. The third-order valence-corrected chi connectivity index (χ3v) is 2.89. The largest absolute Gasteiger partial charge is 0.468 e. The lowest BCUT2D eigenvalue weighted by Crippen LogP contribution is -2.30. The normalized spacial score (nSPS) is 11.8. The van der Waals surface area contributed by atoms with Crippen LogP contribution in [0.25, 0.3) is 0 Å². The Balaban J connectivity index is 2.83. The molecule has 0 heterocycles. The maximum Gasteiger partial charge on any atom is 0.318 e. The predicted molar refractivity (Wildman–Crippen MR) is 70.6 cm³/mol. The molecule has 18 heavy (non-hydrogen) atoms. The van der Waals surface area contributed by atoms with Crippen molar-refractivity contribution in [3.63, 3.8) is 0 Å². The molecular weight excluding hydrogens is 254 g/mol. The topological polar surface area (TPSA) is 55.4 Å². The molecule has 1 atom stereocenters. The number of methoxy groups -OCH3 is 1. The standard InChI is InChI=1S/C13H16ClNO3/c1-4-10(13(17)18-3)12(16)15-11-6-5-9(14)7-8(11)2/h5-7,10H,4H2,1-3H3,(H,15,16). The summed E-state index contributed by atoms with van der Waals surface area (Å²) in [6, 6.07) is 5.14. The van der Waals surface area contributed by atoms with Gasteiger partial charge in [-0.1, -0.05) is 18.5 Å². The zero-order valence-corrected chi connectivity index (χ0v) is 11.4. The van der Waals surface area contributed by atoms with Gasteiger partial charge in [-0.05, 0) is 37.1 Å². The van der Waals surface area contributed by atoms with Crippen LogP contribution in [0.15, 0.2) is 18.2 Å². The maximum atomic E-state index is 11.9. The lowest BCUT2D eigenvalue weighted by molar-refractivity contribution is -0.148. The number of hydrogen-bond acceptors (Lipinski definition) is 3. The van der Waals surface area contributed by atoms with Gasteiger partial charge >= 0.3 is 5.97 Å². The van der Waals surface area contributed by atoms with Gasteiger partial charge in [-0.25, -0.2) is 0 Å². The second-order valence-electron chi connectivity index (χ2n) is 3.93. The van der Waals surface area contributed by atoms with Gasteiger partial charge in [0.2, 0.25) is 5.91 Å². The SMILES string of the molecule is CCC(C(=O)Nc1ccc(Cl)cc1C)C(=O)OC.